The Bertz CT molecular complexity index is 713. The van der Waals surface area contributed by atoms with E-state index in [1.54, 1.807) is 30.3 Å². The van der Waals surface area contributed by atoms with E-state index in [4.69, 9.17) is 5.73 Å². The molecule has 22 heavy (non-hydrogen) atoms. The van der Waals surface area contributed by atoms with E-state index in [0.29, 0.717) is 17.5 Å². The number of primary amides is 1. The minimum absolute atomic E-state index is 0.0874. The summed E-state index contributed by atoms with van der Waals surface area (Å²) in [5, 5.41) is -0.332. The van der Waals surface area contributed by atoms with E-state index in [2.05, 4.69) is 12.6 Å². The fourth-order valence-corrected chi connectivity index (χ4v) is 2.45. The number of hydrogen-bond acceptors (Lipinski definition) is 3. The van der Waals surface area contributed by atoms with Crippen molar-refractivity contribution in [2.75, 3.05) is 0 Å². The lowest BCUT2D eigenvalue weighted by atomic mass is 10.1. The minimum atomic E-state index is -0.555. The van der Waals surface area contributed by atoms with Gasteiger partial charge in [0.25, 0.3) is 0 Å². The molecule has 2 N–H and O–H groups in total. The van der Waals surface area contributed by atoms with E-state index in [-0.39, 0.29) is 16.8 Å². The summed E-state index contributed by atoms with van der Waals surface area (Å²) in [5.41, 5.74) is 7.16. The fraction of sp³-hybridized carbons (Fsp3) is 0.118. The number of fused-ring (bicyclic) bond motifs is 1. The molecule has 0 saturated carbocycles. The molecule has 1 amide bonds. The quantitative estimate of drug-likeness (QED) is 0.659. The van der Waals surface area contributed by atoms with E-state index in [9.17, 15) is 14.4 Å². The molecule has 112 valence electrons. The predicted molar refractivity (Wildman–Crippen MR) is 86.9 cm³/mol. The lowest BCUT2D eigenvalue weighted by molar-refractivity contribution is -0.112. The van der Waals surface area contributed by atoms with Crippen LogP contribution >= 0.6 is 12.6 Å². The molecule has 0 bridgehead atoms. The summed E-state index contributed by atoms with van der Waals surface area (Å²) in [6, 6.07) is 16.1. The van der Waals surface area contributed by atoms with Gasteiger partial charge in [-0.05, 0) is 24.1 Å². The summed E-state index contributed by atoms with van der Waals surface area (Å²) >= 11 is 3.70. The van der Waals surface area contributed by atoms with Crippen LogP contribution in [0.4, 0.5) is 0 Å². The number of carbonyl (C=O) groups excluding carboxylic acids is 3. The van der Waals surface area contributed by atoms with E-state index >= 15 is 0 Å². The van der Waals surface area contributed by atoms with Gasteiger partial charge in [-0.15, -0.1) is 12.6 Å². The van der Waals surface area contributed by atoms with Crippen molar-refractivity contribution in [1.29, 1.82) is 0 Å². The van der Waals surface area contributed by atoms with Crippen LogP contribution in [0.25, 0.3) is 0 Å². The first-order valence-electron chi connectivity index (χ1n) is 6.70. The number of hydrogen-bond donors (Lipinski definition) is 2. The van der Waals surface area contributed by atoms with Gasteiger partial charge in [-0.2, -0.15) is 0 Å². The zero-order chi connectivity index (χ0) is 16.1. The summed E-state index contributed by atoms with van der Waals surface area (Å²) in [5.74, 6) is -1.02. The Kier molecular flexibility index (Phi) is 5.12. The smallest absolute Gasteiger partial charge is 0.248 e. The summed E-state index contributed by atoms with van der Waals surface area (Å²) in [6.07, 6.45) is 0.511. The molecule has 2 aromatic rings. The Balaban J connectivity index is 0.000000172. The van der Waals surface area contributed by atoms with Crippen molar-refractivity contribution < 1.29 is 14.4 Å². The highest BCUT2D eigenvalue weighted by atomic mass is 32.1. The molecule has 0 spiro atoms. The maximum Gasteiger partial charge on any atom is 0.248 e. The lowest BCUT2D eigenvalue weighted by Gasteiger charge is -1.98. The van der Waals surface area contributed by atoms with Crippen LogP contribution in [0.3, 0.4) is 0 Å². The van der Waals surface area contributed by atoms with E-state index in [1.807, 2.05) is 24.3 Å². The second-order valence-corrected chi connectivity index (χ2v) is 5.29. The standard InChI is InChI=1S/C10H8O2S.C7H7NO/c11-9-7-4-2-1-3-6(7)5-8(9)10(12)13;8-7(9)6-4-2-1-3-5-6/h1-4,8H,5H2,(H,12,13);1-5H,(H2,8,9). The first kappa shape index (κ1) is 16.0. The van der Waals surface area contributed by atoms with Gasteiger partial charge in [0.05, 0.1) is 5.92 Å². The van der Waals surface area contributed by atoms with Crippen LogP contribution in [0.15, 0.2) is 54.6 Å². The largest absolute Gasteiger partial charge is 0.366 e. The van der Waals surface area contributed by atoms with Crippen molar-refractivity contribution in [2.24, 2.45) is 11.7 Å². The van der Waals surface area contributed by atoms with Gasteiger partial charge in [-0.25, -0.2) is 0 Å². The zero-order valence-corrected chi connectivity index (χ0v) is 12.6. The van der Waals surface area contributed by atoms with E-state index in [0.717, 1.165) is 5.56 Å². The van der Waals surface area contributed by atoms with Crippen LogP contribution in [0.5, 0.6) is 0 Å². The molecule has 1 aliphatic carbocycles. The monoisotopic (exact) mass is 313 g/mol. The van der Waals surface area contributed by atoms with Gasteiger partial charge in [0.1, 0.15) is 0 Å². The summed E-state index contributed by atoms with van der Waals surface area (Å²) in [4.78, 5) is 33.0. The van der Waals surface area contributed by atoms with Gasteiger partial charge in [-0.3, -0.25) is 14.4 Å². The van der Waals surface area contributed by atoms with Gasteiger partial charge < -0.3 is 5.73 Å². The third-order valence-corrected chi connectivity index (χ3v) is 3.69. The second-order valence-electron chi connectivity index (χ2n) is 4.85. The number of Topliss-reactive ketones (excluding diaryl/α,β-unsaturated/α-hetero) is 1. The Morgan fingerprint density at radius 2 is 1.59 bits per heavy atom. The van der Waals surface area contributed by atoms with E-state index in [1.165, 1.54) is 0 Å². The molecule has 1 unspecified atom stereocenters. The molecule has 0 aliphatic heterocycles. The van der Waals surface area contributed by atoms with Crippen molar-refractivity contribution in [3.05, 3.63) is 71.3 Å². The van der Waals surface area contributed by atoms with Crippen LogP contribution in [0.1, 0.15) is 26.3 Å². The highest BCUT2D eigenvalue weighted by molar-refractivity contribution is 7.96. The van der Waals surface area contributed by atoms with Crippen molar-refractivity contribution in [3.63, 3.8) is 0 Å². The molecule has 0 fully saturated rings. The Hall–Kier alpha value is -2.40. The number of carbonyl (C=O) groups is 3. The highest BCUT2D eigenvalue weighted by Gasteiger charge is 2.33. The molecule has 0 heterocycles. The molecule has 1 aliphatic rings. The number of rotatable bonds is 2. The molecule has 0 saturated heterocycles. The Morgan fingerprint density at radius 1 is 1.00 bits per heavy atom. The minimum Gasteiger partial charge on any atom is -0.366 e. The normalized spacial score (nSPS) is 15.5. The summed E-state index contributed by atoms with van der Waals surface area (Å²) in [6.45, 7) is 0. The number of amides is 1. The topological polar surface area (TPSA) is 77.2 Å². The van der Waals surface area contributed by atoms with Crippen LogP contribution < -0.4 is 5.73 Å². The number of benzene rings is 2. The first-order chi connectivity index (χ1) is 10.5. The molecule has 0 radical (unpaired) electrons. The summed E-state index contributed by atoms with van der Waals surface area (Å²) in [7, 11) is 0. The van der Waals surface area contributed by atoms with Crippen LogP contribution in [0.2, 0.25) is 0 Å². The molecular weight excluding hydrogens is 298 g/mol. The van der Waals surface area contributed by atoms with Crippen molar-refractivity contribution in [2.45, 2.75) is 6.42 Å². The molecule has 0 aromatic heterocycles. The molecule has 3 rings (SSSR count). The molecular formula is C17H15NO3S. The fourth-order valence-electron chi connectivity index (χ4n) is 2.24. The maximum absolute atomic E-state index is 11.6. The first-order valence-corrected chi connectivity index (χ1v) is 7.15. The number of nitrogens with two attached hydrogens (primary N) is 1. The van der Waals surface area contributed by atoms with Crippen molar-refractivity contribution >= 4 is 29.4 Å². The average Bonchev–Trinajstić information content (AvgIpc) is 2.87. The third kappa shape index (κ3) is 3.62. The van der Waals surface area contributed by atoms with Gasteiger partial charge in [0.2, 0.25) is 5.91 Å². The SMILES string of the molecule is NC(=O)c1ccccc1.O=C(S)C1Cc2ccccc2C1=O. The second kappa shape index (κ2) is 7.04. The van der Waals surface area contributed by atoms with Gasteiger partial charge in [0.15, 0.2) is 10.9 Å². The zero-order valence-electron chi connectivity index (χ0n) is 11.7. The summed E-state index contributed by atoms with van der Waals surface area (Å²) < 4.78 is 0. The van der Waals surface area contributed by atoms with Crippen LogP contribution in [0, 0.1) is 5.92 Å². The van der Waals surface area contributed by atoms with Gasteiger partial charge >= 0.3 is 0 Å². The van der Waals surface area contributed by atoms with E-state index < -0.39 is 5.92 Å². The van der Waals surface area contributed by atoms with Crippen molar-refractivity contribution in [1.82, 2.24) is 0 Å². The predicted octanol–water partition coefficient (Wildman–Crippen LogP) is 2.28. The molecule has 2 aromatic carbocycles. The van der Waals surface area contributed by atoms with Gasteiger partial charge in [0, 0.05) is 11.1 Å². The number of thiol groups is 1. The molecule has 4 nitrogen and oxygen atoms in total. The maximum atomic E-state index is 11.6. The van der Waals surface area contributed by atoms with Crippen molar-refractivity contribution in [3.8, 4) is 0 Å². The average molecular weight is 313 g/mol. The third-order valence-electron chi connectivity index (χ3n) is 3.38. The lowest BCUT2D eigenvalue weighted by Crippen LogP contribution is -2.15. The van der Waals surface area contributed by atoms with Crippen LogP contribution in [-0.2, 0) is 11.2 Å². The Labute approximate surface area is 133 Å². The van der Waals surface area contributed by atoms with Gasteiger partial charge in [-0.1, -0.05) is 42.5 Å². The Morgan fingerprint density at radius 3 is 2.09 bits per heavy atom. The molecule has 5 heteroatoms. The van der Waals surface area contributed by atoms with Crippen LogP contribution in [-0.4, -0.2) is 16.8 Å². The highest BCUT2D eigenvalue weighted by Crippen LogP contribution is 2.27. The molecule has 1 atom stereocenters. The number of ketones is 1.